The minimum atomic E-state index is 0.427. The Hall–Kier alpha value is -2.96. The third kappa shape index (κ3) is 2.72. The summed E-state index contributed by atoms with van der Waals surface area (Å²) in [5.41, 5.74) is 0.882. The summed E-state index contributed by atoms with van der Waals surface area (Å²) in [7, 11) is 0. The molecule has 0 saturated heterocycles. The molecular weight excluding hydrogens is 256 g/mol. The molecule has 20 heavy (non-hydrogen) atoms. The van der Waals surface area contributed by atoms with Gasteiger partial charge in [-0.3, -0.25) is 0 Å². The molecule has 0 unspecified atom stereocenters. The average Bonchev–Trinajstić information content (AvgIpc) is 3.07. The van der Waals surface area contributed by atoms with Crippen LogP contribution in [0.3, 0.4) is 0 Å². The molecule has 0 aliphatic heterocycles. The Morgan fingerprint density at radius 1 is 1.20 bits per heavy atom. The number of hydrogen-bond acceptors (Lipinski definition) is 6. The zero-order chi connectivity index (χ0) is 13.8. The second kappa shape index (κ2) is 5.35. The number of anilines is 2. The fraction of sp³-hybridized carbons (Fsp3) is 0.0769. The monoisotopic (exact) mass is 268 g/mol. The van der Waals surface area contributed by atoms with Crippen molar-refractivity contribution in [1.82, 2.24) is 20.3 Å². The average molecular weight is 268 g/mol. The van der Waals surface area contributed by atoms with Crippen molar-refractivity contribution in [3.05, 3.63) is 54.0 Å². The number of aryl methyl sites for hydroxylation is 1. The van der Waals surface area contributed by atoms with Crippen LogP contribution in [0, 0.1) is 6.92 Å². The van der Waals surface area contributed by atoms with Crippen LogP contribution in [0.1, 0.15) is 11.5 Å². The van der Waals surface area contributed by atoms with Crippen molar-refractivity contribution in [3.63, 3.8) is 0 Å². The Morgan fingerprint density at radius 2 is 2.05 bits per heavy atom. The molecule has 0 bridgehead atoms. The quantitative estimate of drug-likeness (QED) is 0.733. The topological polar surface area (TPSA) is 81.1 Å². The van der Waals surface area contributed by atoms with E-state index in [-0.39, 0.29) is 0 Å². The Bertz CT molecular complexity index is 715. The second-order valence-electron chi connectivity index (χ2n) is 4.08. The maximum absolute atomic E-state index is 5.39. The summed E-state index contributed by atoms with van der Waals surface area (Å²) in [5.74, 6) is 1.89. The third-order valence-corrected chi connectivity index (χ3v) is 2.54. The van der Waals surface area contributed by atoms with Crippen molar-refractivity contribution in [2.24, 2.45) is 5.10 Å². The minimum absolute atomic E-state index is 0.427. The SMILES string of the molecule is Cc1ccc(C=Nn2nnnc2Nc2ccccc2)o1. The molecule has 1 N–H and O–H groups in total. The highest BCUT2D eigenvalue weighted by Crippen LogP contribution is 2.12. The van der Waals surface area contributed by atoms with Crippen LogP contribution in [-0.2, 0) is 0 Å². The summed E-state index contributed by atoms with van der Waals surface area (Å²) < 4.78 is 5.39. The van der Waals surface area contributed by atoms with Gasteiger partial charge in [-0.2, -0.15) is 5.10 Å². The van der Waals surface area contributed by atoms with Crippen molar-refractivity contribution in [1.29, 1.82) is 0 Å². The summed E-state index contributed by atoms with van der Waals surface area (Å²) in [6, 6.07) is 13.3. The van der Waals surface area contributed by atoms with Gasteiger partial charge in [0.15, 0.2) is 0 Å². The fourth-order valence-corrected chi connectivity index (χ4v) is 1.62. The van der Waals surface area contributed by atoms with E-state index in [0.29, 0.717) is 11.7 Å². The number of tetrazole rings is 1. The van der Waals surface area contributed by atoms with E-state index >= 15 is 0 Å². The molecule has 0 radical (unpaired) electrons. The van der Waals surface area contributed by atoms with Crippen molar-refractivity contribution in [3.8, 4) is 0 Å². The van der Waals surface area contributed by atoms with Gasteiger partial charge in [-0.25, -0.2) is 0 Å². The highest BCUT2D eigenvalue weighted by molar-refractivity contribution is 5.75. The fourth-order valence-electron chi connectivity index (χ4n) is 1.62. The van der Waals surface area contributed by atoms with Gasteiger partial charge in [-0.15, -0.1) is 0 Å². The van der Waals surface area contributed by atoms with E-state index < -0.39 is 0 Å². The van der Waals surface area contributed by atoms with Crippen LogP contribution in [0.15, 0.2) is 52.0 Å². The van der Waals surface area contributed by atoms with E-state index in [0.717, 1.165) is 11.4 Å². The molecule has 100 valence electrons. The van der Waals surface area contributed by atoms with Gasteiger partial charge in [0.1, 0.15) is 11.5 Å². The summed E-state index contributed by atoms with van der Waals surface area (Å²) in [5, 5.41) is 18.5. The molecule has 0 spiro atoms. The number of aromatic nitrogens is 4. The molecule has 0 amide bonds. The molecule has 3 rings (SSSR count). The van der Waals surface area contributed by atoms with Gasteiger partial charge in [-0.05, 0) is 41.6 Å². The van der Waals surface area contributed by atoms with Gasteiger partial charge in [0.2, 0.25) is 0 Å². The second-order valence-corrected chi connectivity index (χ2v) is 4.08. The van der Waals surface area contributed by atoms with Crippen LogP contribution in [0.2, 0.25) is 0 Å². The first-order chi connectivity index (χ1) is 9.81. The van der Waals surface area contributed by atoms with E-state index in [1.165, 1.54) is 4.79 Å². The molecule has 0 aliphatic rings. The van der Waals surface area contributed by atoms with Crippen LogP contribution in [0.4, 0.5) is 11.6 Å². The predicted octanol–water partition coefficient (Wildman–Crippen LogP) is 2.20. The molecule has 2 aromatic heterocycles. The lowest BCUT2D eigenvalue weighted by atomic mass is 10.3. The summed E-state index contributed by atoms with van der Waals surface area (Å²) in [6.45, 7) is 1.87. The standard InChI is InChI=1S/C13H12N6O/c1-10-7-8-12(20-10)9-14-19-13(16-17-18-19)15-11-5-3-2-4-6-11/h2-9H,1H3,(H,15,16,18). The van der Waals surface area contributed by atoms with Gasteiger partial charge in [0, 0.05) is 5.69 Å². The number of furan rings is 1. The number of rotatable bonds is 4. The van der Waals surface area contributed by atoms with Gasteiger partial charge in [0.05, 0.1) is 6.21 Å². The van der Waals surface area contributed by atoms with Crippen molar-refractivity contribution >= 4 is 17.9 Å². The normalized spacial score (nSPS) is 11.1. The molecule has 0 atom stereocenters. The maximum atomic E-state index is 5.39. The zero-order valence-corrected chi connectivity index (χ0v) is 10.8. The molecule has 0 fully saturated rings. The molecule has 0 saturated carbocycles. The molecule has 2 heterocycles. The lowest BCUT2D eigenvalue weighted by molar-refractivity contribution is 0.526. The van der Waals surface area contributed by atoms with Crippen molar-refractivity contribution in [2.75, 3.05) is 5.32 Å². The van der Waals surface area contributed by atoms with Gasteiger partial charge in [0.25, 0.3) is 5.95 Å². The van der Waals surface area contributed by atoms with Gasteiger partial charge >= 0.3 is 0 Å². The Morgan fingerprint density at radius 3 is 2.80 bits per heavy atom. The van der Waals surface area contributed by atoms with Crippen molar-refractivity contribution in [2.45, 2.75) is 6.92 Å². The van der Waals surface area contributed by atoms with E-state index in [1.54, 1.807) is 6.21 Å². The van der Waals surface area contributed by atoms with Crippen LogP contribution in [-0.4, -0.2) is 26.5 Å². The van der Waals surface area contributed by atoms with Crippen LogP contribution < -0.4 is 5.32 Å². The zero-order valence-electron chi connectivity index (χ0n) is 10.8. The van der Waals surface area contributed by atoms with Crippen LogP contribution in [0.5, 0.6) is 0 Å². The first-order valence-electron chi connectivity index (χ1n) is 6.02. The third-order valence-electron chi connectivity index (χ3n) is 2.54. The smallest absolute Gasteiger partial charge is 0.269 e. The lowest BCUT2D eigenvalue weighted by Crippen LogP contribution is -2.00. The van der Waals surface area contributed by atoms with Crippen LogP contribution in [0.25, 0.3) is 0 Å². The first kappa shape index (κ1) is 12.1. The van der Waals surface area contributed by atoms with Crippen molar-refractivity contribution < 1.29 is 4.42 Å². The minimum Gasteiger partial charge on any atom is -0.460 e. The van der Waals surface area contributed by atoms with E-state index in [9.17, 15) is 0 Å². The first-order valence-corrected chi connectivity index (χ1v) is 6.02. The number of benzene rings is 1. The number of nitrogens with one attached hydrogen (secondary N) is 1. The molecular formula is C13H12N6O. The summed E-state index contributed by atoms with van der Waals surface area (Å²) in [4.78, 5) is 1.30. The molecule has 7 heteroatoms. The molecule has 7 nitrogen and oxygen atoms in total. The Labute approximate surface area is 114 Å². The molecule has 1 aromatic carbocycles. The van der Waals surface area contributed by atoms with Gasteiger partial charge in [-0.1, -0.05) is 28.1 Å². The largest absolute Gasteiger partial charge is 0.460 e. The van der Waals surface area contributed by atoms with E-state index in [1.807, 2.05) is 49.4 Å². The lowest BCUT2D eigenvalue weighted by Gasteiger charge is -2.02. The maximum Gasteiger partial charge on any atom is 0.269 e. The summed E-state index contributed by atoms with van der Waals surface area (Å²) >= 11 is 0. The number of para-hydroxylation sites is 1. The highest BCUT2D eigenvalue weighted by atomic mass is 16.3. The van der Waals surface area contributed by atoms with E-state index in [4.69, 9.17) is 4.42 Å². The Balaban J connectivity index is 1.78. The van der Waals surface area contributed by atoms with Gasteiger partial charge < -0.3 is 9.73 Å². The van der Waals surface area contributed by atoms with E-state index in [2.05, 4.69) is 25.9 Å². The summed E-state index contributed by atoms with van der Waals surface area (Å²) in [6.07, 6.45) is 1.56. The Kier molecular flexibility index (Phi) is 3.24. The molecule has 3 aromatic rings. The number of nitrogens with zero attached hydrogens (tertiary/aromatic N) is 5. The number of hydrogen-bond donors (Lipinski definition) is 1. The highest BCUT2D eigenvalue weighted by Gasteiger charge is 2.04. The predicted molar refractivity (Wildman–Crippen MR) is 74.0 cm³/mol. The molecule has 0 aliphatic carbocycles. The van der Waals surface area contributed by atoms with Crippen LogP contribution >= 0.6 is 0 Å².